The van der Waals surface area contributed by atoms with Gasteiger partial charge in [-0.1, -0.05) is 263 Å². The molecular weight excluding hydrogens is 1250 g/mol. The topological polar surface area (TPSA) is 109 Å². The van der Waals surface area contributed by atoms with Crippen molar-refractivity contribution in [2.75, 3.05) is 0 Å². The molecule has 103 heavy (non-hydrogen) atoms. The first kappa shape index (κ1) is 68.5. The van der Waals surface area contributed by atoms with Gasteiger partial charge in [0.1, 0.15) is 22.8 Å². The quantitative estimate of drug-likeness (QED) is 0.134. The Morgan fingerprint density at radius 1 is 0.272 bits per heavy atom. The predicted octanol–water partition coefficient (Wildman–Crippen LogP) is 24.9. The van der Waals surface area contributed by atoms with E-state index in [2.05, 4.69) is 322 Å². The molecular formula is C95H106N8. The smallest absolute Gasteiger partial charge is 0.118 e. The molecule has 0 spiro atoms. The van der Waals surface area contributed by atoms with E-state index >= 15 is 0 Å². The van der Waals surface area contributed by atoms with E-state index in [1.165, 1.54) is 50.9 Å². The van der Waals surface area contributed by atoms with Crippen molar-refractivity contribution < 1.29 is 0 Å². The highest BCUT2D eigenvalue weighted by Crippen LogP contribution is 2.64. The lowest BCUT2D eigenvalue weighted by molar-refractivity contribution is 0.220. The molecule has 2 aliphatic heterocycles. The lowest BCUT2D eigenvalue weighted by Gasteiger charge is -2.45. The summed E-state index contributed by atoms with van der Waals surface area (Å²) in [5.41, 5.74) is 30.7. The zero-order valence-electron chi connectivity index (χ0n) is 65.7. The maximum Gasteiger partial charge on any atom is 0.118 e. The van der Waals surface area contributed by atoms with Gasteiger partial charge in [-0.2, -0.15) is 0 Å². The normalized spacial score (nSPS) is 19.5. The van der Waals surface area contributed by atoms with Crippen LogP contribution in [0, 0.1) is 23.7 Å². The maximum atomic E-state index is 6.32. The molecule has 10 aromatic rings. The highest BCUT2D eigenvalue weighted by Gasteiger charge is 2.56. The fourth-order valence-electron chi connectivity index (χ4n) is 17.3. The number of hydrogen-bond acceptors (Lipinski definition) is 6. The molecule has 8 nitrogen and oxygen atoms in total. The second-order valence-corrected chi connectivity index (χ2v) is 39.6. The molecule has 5 aromatic carbocycles. The van der Waals surface area contributed by atoms with Gasteiger partial charge in [-0.05, 0) is 189 Å². The number of hydrogen-bond donors (Lipinski definition) is 2. The molecule has 0 amide bonds. The van der Waals surface area contributed by atoms with Crippen LogP contribution in [0.2, 0.25) is 0 Å². The summed E-state index contributed by atoms with van der Waals surface area (Å²) in [4.78, 5) is 44.2. The molecule has 1 fully saturated rings. The van der Waals surface area contributed by atoms with E-state index in [1.807, 2.05) is 0 Å². The van der Waals surface area contributed by atoms with Crippen molar-refractivity contribution in [3.05, 3.63) is 201 Å². The van der Waals surface area contributed by atoms with Gasteiger partial charge in [-0.3, -0.25) is 0 Å². The summed E-state index contributed by atoms with van der Waals surface area (Å²) < 4.78 is 0. The summed E-state index contributed by atoms with van der Waals surface area (Å²) >= 11 is 0. The van der Waals surface area contributed by atoms with E-state index in [0.29, 0.717) is 35.1 Å². The van der Waals surface area contributed by atoms with E-state index in [0.717, 1.165) is 123 Å². The van der Waals surface area contributed by atoms with Crippen LogP contribution in [0.5, 0.6) is 0 Å². The van der Waals surface area contributed by atoms with E-state index in [1.54, 1.807) is 0 Å². The summed E-state index contributed by atoms with van der Waals surface area (Å²) in [5.74, 6) is 2.80. The zero-order chi connectivity index (χ0) is 73.3. The second kappa shape index (κ2) is 22.8. The van der Waals surface area contributed by atoms with Crippen molar-refractivity contribution >= 4 is 56.3 Å². The summed E-state index contributed by atoms with van der Waals surface area (Å²) in [5, 5.41) is 0. The summed E-state index contributed by atoms with van der Waals surface area (Å²) in [6.07, 6.45) is 15.7. The monoisotopic (exact) mass is 1360 g/mol. The Hall–Kier alpha value is -8.88. The highest BCUT2D eigenvalue weighted by molar-refractivity contribution is 6.06. The molecule has 12 bridgehead atoms. The Morgan fingerprint density at radius 3 is 0.816 bits per heavy atom. The van der Waals surface area contributed by atoms with Gasteiger partial charge in [-0.15, -0.1) is 0 Å². The number of benzene rings is 5. The average Bonchev–Trinajstić information content (AvgIpc) is 1.59. The molecule has 5 aromatic heterocycles. The van der Waals surface area contributed by atoms with Gasteiger partial charge < -0.3 is 9.97 Å². The number of H-pyrrole nitrogens is 2. The minimum absolute atomic E-state index is 0.156. The maximum absolute atomic E-state index is 6.32. The molecule has 0 unspecified atom stereocenters. The Balaban J connectivity index is 1.12. The highest BCUT2D eigenvalue weighted by atomic mass is 15.0. The Morgan fingerprint density at radius 2 is 0.534 bits per heavy atom. The molecule has 8 heteroatoms. The number of rotatable bonds is 4. The number of aromatic nitrogens is 8. The van der Waals surface area contributed by atoms with Gasteiger partial charge in [0.05, 0.1) is 44.8 Å². The van der Waals surface area contributed by atoms with Gasteiger partial charge in [0.15, 0.2) is 0 Å². The molecule has 0 saturated heterocycles. The van der Waals surface area contributed by atoms with Crippen molar-refractivity contribution in [3.8, 4) is 67.3 Å². The Labute approximate surface area is 612 Å². The molecule has 6 atom stereocenters. The van der Waals surface area contributed by atoms with E-state index < -0.39 is 0 Å². The predicted molar refractivity (Wildman–Crippen MR) is 434 cm³/mol. The Kier molecular flexibility index (Phi) is 15.2. The molecule has 1 saturated carbocycles. The number of nitrogens with zero attached hydrogens (tertiary/aromatic N) is 6. The van der Waals surface area contributed by atoms with Crippen LogP contribution in [0.1, 0.15) is 252 Å². The SMILES string of the molecule is CC(C)(C)c1cc(-c2c3nc(c(-c4cc(C(C)(C)C)cc(C(C)(C)C)c4)c4ccc([nH]4)c(-c4cc(C(C)(C)C)cc(C(C)(C)C)c4)c4nc(c(-c5cc(C(C)(C)C)cc(C(C)(C)C)c5)c5ccc2[nH]5)-c2nc5cc6nc7c(nc6cc5nc2-4)[C@@H]2C=C[C@H]7[C@@H]4[C@H]2[C@H]2C=C[C@@H]4C2)C=C3)cc(C(C)(C)C)c1. The fraction of sp³-hybridized carbons (Fsp3) is 0.411. The standard InChI is InChI=1S/C95H106N8/c1-88(2,3)56-36-52(37-57(44-56)89(4,5)6)78-66-29-30-67(96-66)79(53-38-58(90(7,8)9)45-59(39-53)91(10,11)12)69-32-34-71(98-69)81(55-42-62(94(19,20)21)47-63(43-55)95(22,23)24)85-87-86(84(103-85)80(70-33-31-68(78)97-70)54-40-60(92(13,14)15)46-61(41-54)93(16,17)18)101-74-48-72-73(49-75(74)102-87)100-83-65-28-27-64(82(83)99-72)76-50-25-26-51(35-50)77(65)76/h25-34,36-51,64-65,76-77,97-98H,35H2,1-24H3/t50-,51+,64+,65-,76-,77+. The van der Waals surface area contributed by atoms with Crippen molar-refractivity contribution in [1.29, 1.82) is 0 Å². The van der Waals surface area contributed by atoms with Gasteiger partial charge in [0.2, 0.25) is 0 Å². The van der Waals surface area contributed by atoms with Crippen LogP contribution in [-0.4, -0.2) is 39.9 Å². The van der Waals surface area contributed by atoms with Crippen molar-refractivity contribution in [2.24, 2.45) is 23.7 Å². The fourth-order valence-corrected chi connectivity index (χ4v) is 17.3. The summed E-state index contributed by atoms with van der Waals surface area (Å²) in [6, 6.07) is 42.6. The van der Waals surface area contributed by atoms with Crippen molar-refractivity contribution in [3.63, 3.8) is 0 Å². The lowest BCUT2D eigenvalue weighted by atomic mass is 9.59. The first-order valence-corrected chi connectivity index (χ1v) is 38.1. The largest absolute Gasteiger partial charge is 0.354 e. The van der Waals surface area contributed by atoms with Crippen molar-refractivity contribution in [2.45, 2.75) is 228 Å². The van der Waals surface area contributed by atoms with Crippen LogP contribution in [0.15, 0.2) is 133 Å². The number of fused-ring (bicyclic) bond motifs is 15. The third-order valence-corrected chi connectivity index (χ3v) is 23.6. The molecule has 526 valence electrons. The van der Waals surface area contributed by atoms with Crippen LogP contribution in [0.4, 0.5) is 0 Å². The minimum Gasteiger partial charge on any atom is -0.354 e. The molecule has 0 radical (unpaired) electrons. The van der Waals surface area contributed by atoms with Crippen LogP contribution >= 0.6 is 0 Å². The third kappa shape index (κ3) is 11.8. The molecule has 17 rings (SSSR count). The van der Waals surface area contributed by atoms with Gasteiger partial charge in [-0.25, -0.2) is 29.9 Å². The lowest BCUT2D eigenvalue weighted by Crippen LogP contribution is -2.38. The molecule has 5 aliphatic carbocycles. The Bertz CT molecular complexity index is 5080. The third-order valence-electron chi connectivity index (χ3n) is 23.6. The van der Waals surface area contributed by atoms with Gasteiger partial charge in [0, 0.05) is 56.2 Å². The first-order chi connectivity index (χ1) is 48.0. The van der Waals surface area contributed by atoms with Crippen LogP contribution in [0.25, 0.3) is 124 Å². The average molecular weight is 1360 g/mol. The van der Waals surface area contributed by atoms with Crippen molar-refractivity contribution in [1.82, 2.24) is 39.9 Å². The van der Waals surface area contributed by atoms with Crippen LogP contribution in [0.3, 0.4) is 0 Å². The second-order valence-electron chi connectivity index (χ2n) is 39.6. The first-order valence-electron chi connectivity index (χ1n) is 38.1. The number of allylic oxidation sites excluding steroid dienone is 4. The molecule has 7 heterocycles. The van der Waals surface area contributed by atoms with Gasteiger partial charge in [0.25, 0.3) is 0 Å². The van der Waals surface area contributed by atoms with Crippen LogP contribution in [-0.2, 0) is 43.3 Å². The van der Waals surface area contributed by atoms with E-state index in [9.17, 15) is 0 Å². The van der Waals surface area contributed by atoms with E-state index in [4.69, 9.17) is 29.9 Å². The van der Waals surface area contributed by atoms with E-state index in [-0.39, 0.29) is 55.2 Å². The number of aromatic amines is 2. The molecule has 7 aliphatic rings. The minimum atomic E-state index is -0.206. The summed E-state index contributed by atoms with van der Waals surface area (Å²) in [6.45, 7) is 55.9. The van der Waals surface area contributed by atoms with Crippen LogP contribution < -0.4 is 0 Å². The molecule has 2 N–H and O–H groups in total. The summed E-state index contributed by atoms with van der Waals surface area (Å²) in [7, 11) is 0. The zero-order valence-corrected chi connectivity index (χ0v) is 65.7. The number of nitrogens with one attached hydrogen (secondary N) is 2. The van der Waals surface area contributed by atoms with Gasteiger partial charge >= 0.3 is 0 Å².